The number of nitro benzene ring substituents is 1. The van der Waals surface area contributed by atoms with Crippen molar-refractivity contribution in [1.82, 2.24) is 9.47 Å². The van der Waals surface area contributed by atoms with Gasteiger partial charge in [0.25, 0.3) is 11.6 Å². The molecule has 1 aromatic heterocycles. The minimum atomic E-state index is -3.97. The summed E-state index contributed by atoms with van der Waals surface area (Å²) in [5.41, 5.74) is 0.545. The summed E-state index contributed by atoms with van der Waals surface area (Å²) >= 11 is 1.05. The number of aromatic nitrogens is 1. The largest absolute Gasteiger partial charge is 0.341 e. The second kappa shape index (κ2) is 8.87. The molecule has 2 aromatic rings. The predicted molar refractivity (Wildman–Crippen MR) is 116 cm³/mol. The van der Waals surface area contributed by atoms with Gasteiger partial charge < -0.3 is 9.47 Å². The van der Waals surface area contributed by atoms with Crippen LogP contribution >= 0.6 is 11.3 Å². The third-order valence-corrected chi connectivity index (χ3v) is 7.60. The smallest absolute Gasteiger partial charge is 0.270 e. The van der Waals surface area contributed by atoms with Crippen molar-refractivity contribution in [1.29, 1.82) is 0 Å². The maximum Gasteiger partial charge on any atom is 0.270 e. The Morgan fingerprint density at radius 3 is 2.48 bits per heavy atom. The molecule has 10 nitrogen and oxygen atoms in total. The number of likely N-dealkylation sites (tertiary alicyclic amines) is 1. The van der Waals surface area contributed by atoms with Crippen LogP contribution in [-0.2, 0) is 26.5 Å². The van der Waals surface area contributed by atoms with E-state index in [4.69, 9.17) is 0 Å². The van der Waals surface area contributed by atoms with Crippen LogP contribution in [0.1, 0.15) is 20.3 Å². The molecular formula is C19H24N4O6S2. The molecule has 31 heavy (non-hydrogen) atoms. The lowest BCUT2D eigenvalue weighted by Gasteiger charge is -2.34. The second-order valence-corrected chi connectivity index (χ2v) is 11.2. The molecule has 2 amide bonds. The fourth-order valence-corrected chi connectivity index (χ4v) is 6.04. The standard InChI is InChI=1S/C19H24N4O6S2/c1-12-6-13(2)9-22(8-12)18(25)11-31(28,29)10-17(24)20-19-21(3)15-5-4-14(23(26)27)7-16(15)30-19/h4-5,7,12-13H,6,8-11H2,1-3H3. The number of hydrogen-bond donors (Lipinski definition) is 0. The van der Waals surface area contributed by atoms with Crippen molar-refractivity contribution in [3.8, 4) is 0 Å². The van der Waals surface area contributed by atoms with Crippen LogP contribution in [0.25, 0.3) is 10.2 Å². The molecule has 0 spiro atoms. The third-order valence-electron chi connectivity index (χ3n) is 5.13. The topological polar surface area (TPSA) is 132 Å². The average molecular weight is 469 g/mol. The Morgan fingerprint density at radius 2 is 1.87 bits per heavy atom. The molecule has 1 fully saturated rings. The second-order valence-electron chi connectivity index (χ2n) is 8.14. The Morgan fingerprint density at radius 1 is 1.23 bits per heavy atom. The normalized spacial score (nSPS) is 20.2. The SMILES string of the molecule is CC1CC(C)CN(C(=O)CS(=O)(=O)CC(=O)N=c2sc3cc([N+](=O)[O-])ccc3n2C)C1. The highest BCUT2D eigenvalue weighted by atomic mass is 32.2. The van der Waals surface area contributed by atoms with Gasteiger partial charge in [0.2, 0.25) is 5.91 Å². The zero-order chi connectivity index (χ0) is 22.9. The van der Waals surface area contributed by atoms with Gasteiger partial charge in [-0.2, -0.15) is 4.99 Å². The van der Waals surface area contributed by atoms with Crippen LogP contribution in [-0.4, -0.2) is 59.2 Å². The summed E-state index contributed by atoms with van der Waals surface area (Å²) in [5, 5.41) is 10.9. The van der Waals surface area contributed by atoms with Crippen LogP contribution in [0.15, 0.2) is 23.2 Å². The van der Waals surface area contributed by atoms with E-state index < -0.39 is 38.1 Å². The lowest BCUT2D eigenvalue weighted by atomic mass is 9.92. The van der Waals surface area contributed by atoms with Crippen molar-refractivity contribution < 1.29 is 22.9 Å². The van der Waals surface area contributed by atoms with Gasteiger partial charge in [0.1, 0.15) is 11.5 Å². The number of carbonyl (C=O) groups excluding carboxylic acids is 2. The van der Waals surface area contributed by atoms with E-state index in [0.29, 0.717) is 35.1 Å². The summed E-state index contributed by atoms with van der Waals surface area (Å²) in [6.45, 7) is 5.07. The first kappa shape index (κ1) is 23.1. The first-order valence-electron chi connectivity index (χ1n) is 9.75. The number of thiazole rings is 1. The molecule has 0 N–H and O–H groups in total. The fraction of sp³-hybridized carbons (Fsp3) is 0.526. The molecular weight excluding hydrogens is 444 g/mol. The first-order chi connectivity index (χ1) is 14.4. The number of non-ortho nitro benzene ring substituents is 1. The van der Waals surface area contributed by atoms with Gasteiger partial charge in [-0.1, -0.05) is 25.2 Å². The van der Waals surface area contributed by atoms with Crippen LogP contribution in [0.3, 0.4) is 0 Å². The molecule has 1 aromatic carbocycles. The number of benzene rings is 1. The molecule has 0 saturated carbocycles. The summed E-state index contributed by atoms with van der Waals surface area (Å²) in [6.07, 6.45) is 0.989. The summed E-state index contributed by atoms with van der Waals surface area (Å²) in [7, 11) is -2.34. The Bertz CT molecular complexity index is 1200. The van der Waals surface area contributed by atoms with Crippen molar-refractivity contribution >= 4 is 48.9 Å². The third kappa shape index (κ3) is 5.56. The molecule has 2 unspecified atom stereocenters. The lowest BCUT2D eigenvalue weighted by molar-refractivity contribution is -0.384. The minimum Gasteiger partial charge on any atom is -0.341 e. The van der Waals surface area contributed by atoms with Crippen LogP contribution in [0, 0.1) is 22.0 Å². The number of nitro groups is 1. The molecule has 3 rings (SSSR count). The van der Waals surface area contributed by atoms with E-state index in [9.17, 15) is 28.1 Å². The van der Waals surface area contributed by atoms with Crippen molar-refractivity contribution in [3.05, 3.63) is 33.1 Å². The van der Waals surface area contributed by atoms with Gasteiger partial charge in [0, 0.05) is 32.3 Å². The quantitative estimate of drug-likeness (QED) is 0.482. The number of aryl methyl sites for hydroxylation is 1. The Kier molecular flexibility index (Phi) is 6.60. The van der Waals surface area contributed by atoms with Gasteiger partial charge in [0.05, 0.1) is 15.1 Å². The fourth-order valence-electron chi connectivity index (χ4n) is 3.87. The number of rotatable bonds is 5. The van der Waals surface area contributed by atoms with E-state index in [1.165, 1.54) is 12.1 Å². The van der Waals surface area contributed by atoms with E-state index in [1.54, 1.807) is 22.6 Å². The summed E-state index contributed by atoms with van der Waals surface area (Å²) in [5.74, 6) is -2.37. The predicted octanol–water partition coefficient (Wildman–Crippen LogP) is 1.49. The van der Waals surface area contributed by atoms with Gasteiger partial charge in [-0.15, -0.1) is 0 Å². The molecule has 1 aliphatic heterocycles. The summed E-state index contributed by atoms with van der Waals surface area (Å²) in [4.78, 5) is 40.8. The Hall–Kier alpha value is -2.60. The van der Waals surface area contributed by atoms with Gasteiger partial charge >= 0.3 is 0 Å². The van der Waals surface area contributed by atoms with Crippen molar-refractivity contribution in [3.63, 3.8) is 0 Å². The van der Waals surface area contributed by atoms with Gasteiger partial charge in [-0.25, -0.2) is 8.42 Å². The van der Waals surface area contributed by atoms with Gasteiger partial charge in [-0.3, -0.25) is 19.7 Å². The number of sulfone groups is 1. The molecule has 0 aliphatic carbocycles. The van der Waals surface area contributed by atoms with E-state index >= 15 is 0 Å². The number of hydrogen-bond acceptors (Lipinski definition) is 7. The highest BCUT2D eigenvalue weighted by Gasteiger charge is 2.29. The first-order valence-corrected chi connectivity index (χ1v) is 12.4. The average Bonchev–Trinajstić information content (AvgIpc) is 2.94. The van der Waals surface area contributed by atoms with Gasteiger partial charge in [-0.05, 0) is 24.3 Å². The molecule has 1 saturated heterocycles. The number of fused-ring (bicyclic) bond motifs is 1. The Balaban J connectivity index is 1.74. The molecule has 2 heterocycles. The summed E-state index contributed by atoms with van der Waals surface area (Å²) < 4.78 is 27.0. The van der Waals surface area contributed by atoms with E-state index in [0.717, 1.165) is 17.8 Å². The molecule has 1 aliphatic rings. The number of amides is 2. The molecule has 168 valence electrons. The minimum absolute atomic E-state index is 0.0883. The number of nitrogens with zero attached hydrogens (tertiary/aromatic N) is 4. The number of piperidine rings is 1. The lowest BCUT2D eigenvalue weighted by Crippen LogP contribution is -2.45. The van der Waals surface area contributed by atoms with E-state index in [1.807, 2.05) is 13.8 Å². The highest BCUT2D eigenvalue weighted by molar-refractivity contribution is 7.92. The van der Waals surface area contributed by atoms with E-state index in [2.05, 4.69) is 4.99 Å². The highest BCUT2D eigenvalue weighted by Crippen LogP contribution is 2.23. The maximum absolute atomic E-state index is 12.5. The van der Waals surface area contributed by atoms with E-state index in [-0.39, 0.29) is 10.5 Å². The maximum atomic E-state index is 12.5. The summed E-state index contributed by atoms with van der Waals surface area (Å²) in [6, 6.07) is 4.27. The van der Waals surface area contributed by atoms with Crippen LogP contribution in [0.2, 0.25) is 0 Å². The van der Waals surface area contributed by atoms with Gasteiger partial charge in [0.15, 0.2) is 14.6 Å². The molecule has 2 atom stereocenters. The number of carbonyl (C=O) groups is 2. The molecule has 0 radical (unpaired) electrons. The monoisotopic (exact) mass is 468 g/mol. The zero-order valence-corrected chi connectivity index (χ0v) is 19.1. The zero-order valence-electron chi connectivity index (χ0n) is 17.5. The van der Waals surface area contributed by atoms with Crippen molar-refractivity contribution in [2.75, 3.05) is 24.6 Å². The van der Waals surface area contributed by atoms with Crippen LogP contribution in [0.5, 0.6) is 0 Å². The molecule has 12 heteroatoms. The molecule has 0 bridgehead atoms. The van der Waals surface area contributed by atoms with Crippen LogP contribution < -0.4 is 4.80 Å². The Labute approximate surface area is 183 Å². The van der Waals surface area contributed by atoms with Crippen molar-refractivity contribution in [2.45, 2.75) is 20.3 Å². The van der Waals surface area contributed by atoms with Crippen molar-refractivity contribution in [2.24, 2.45) is 23.9 Å². The van der Waals surface area contributed by atoms with Crippen LogP contribution in [0.4, 0.5) is 5.69 Å².